The van der Waals surface area contributed by atoms with Crippen molar-refractivity contribution in [1.29, 1.82) is 0 Å². The Bertz CT molecular complexity index is 449. The molecule has 0 radical (unpaired) electrons. The van der Waals surface area contributed by atoms with Crippen molar-refractivity contribution in [2.24, 2.45) is 0 Å². The molecule has 1 N–H and O–H groups in total. The van der Waals surface area contributed by atoms with Crippen molar-refractivity contribution in [2.45, 2.75) is 63.0 Å². The molecule has 1 aliphatic rings. The lowest BCUT2D eigenvalue weighted by Crippen LogP contribution is -2.43. The molecule has 0 atom stereocenters. The Morgan fingerprint density at radius 3 is 2.55 bits per heavy atom. The van der Waals surface area contributed by atoms with Gasteiger partial charge in [-0.3, -0.25) is 4.79 Å². The SMILES string of the molecule is CC(C)N(C(=O)CSc1nnc(NC2CC2)s1)C(C)C. The Morgan fingerprint density at radius 2 is 2.00 bits per heavy atom. The van der Waals surface area contributed by atoms with E-state index in [1.165, 1.54) is 35.9 Å². The highest BCUT2D eigenvalue weighted by atomic mass is 32.2. The molecule has 20 heavy (non-hydrogen) atoms. The Hall–Kier alpha value is -0.820. The van der Waals surface area contributed by atoms with Crippen LogP contribution in [0, 0.1) is 0 Å². The fraction of sp³-hybridized carbons (Fsp3) is 0.769. The van der Waals surface area contributed by atoms with Crippen molar-refractivity contribution in [3.8, 4) is 0 Å². The third-order valence-electron chi connectivity index (χ3n) is 3.03. The van der Waals surface area contributed by atoms with Crippen molar-refractivity contribution in [1.82, 2.24) is 15.1 Å². The lowest BCUT2D eigenvalue weighted by molar-refractivity contribution is -0.131. The van der Waals surface area contributed by atoms with Crippen LogP contribution in [0.4, 0.5) is 5.13 Å². The first-order valence-electron chi connectivity index (χ1n) is 7.01. The maximum absolute atomic E-state index is 12.2. The number of aromatic nitrogens is 2. The number of rotatable bonds is 7. The van der Waals surface area contributed by atoms with E-state index >= 15 is 0 Å². The number of thioether (sulfide) groups is 1. The summed E-state index contributed by atoms with van der Waals surface area (Å²) in [6.07, 6.45) is 2.44. The molecule has 7 heteroatoms. The third-order valence-corrected chi connectivity index (χ3v) is 5.00. The lowest BCUT2D eigenvalue weighted by Gasteiger charge is -2.30. The maximum atomic E-state index is 12.2. The van der Waals surface area contributed by atoms with Gasteiger partial charge in [0.15, 0.2) is 4.34 Å². The van der Waals surface area contributed by atoms with Gasteiger partial charge in [0.25, 0.3) is 0 Å². The first kappa shape index (κ1) is 15.6. The van der Waals surface area contributed by atoms with Crippen LogP contribution in [-0.4, -0.2) is 44.9 Å². The maximum Gasteiger partial charge on any atom is 0.233 e. The van der Waals surface area contributed by atoms with Gasteiger partial charge in [-0.25, -0.2) is 0 Å². The normalized spacial score (nSPS) is 14.9. The number of carbonyl (C=O) groups is 1. The highest BCUT2D eigenvalue weighted by Crippen LogP contribution is 2.30. The van der Waals surface area contributed by atoms with Gasteiger partial charge in [0.05, 0.1) is 5.75 Å². The second-order valence-corrected chi connectivity index (χ2v) is 7.77. The minimum atomic E-state index is 0.159. The zero-order valence-electron chi connectivity index (χ0n) is 12.4. The fourth-order valence-corrected chi connectivity index (χ4v) is 3.80. The minimum Gasteiger partial charge on any atom is -0.357 e. The smallest absolute Gasteiger partial charge is 0.233 e. The Balaban J connectivity index is 1.83. The van der Waals surface area contributed by atoms with E-state index in [9.17, 15) is 4.79 Å². The first-order chi connectivity index (χ1) is 9.47. The molecule has 1 aromatic rings. The van der Waals surface area contributed by atoms with Crippen LogP contribution in [0.2, 0.25) is 0 Å². The average Bonchev–Trinajstić information content (AvgIpc) is 3.03. The van der Waals surface area contributed by atoms with E-state index in [-0.39, 0.29) is 18.0 Å². The summed E-state index contributed by atoms with van der Waals surface area (Å²) >= 11 is 3.00. The van der Waals surface area contributed by atoms with Gasteiger partial charge < -0.3 is 10.2 Å². The van der Waals surface area contributed by atoms with E-state index in [4.69, 9.17) is 0 Å². The molecule has 0 bridgehead atoms. The monoisotopic (exact) mass is 314 g/mol. The summed E-state index contributed by atoms with van der Waals surface area (Å²) in [5.41, 5.74) is 0. The van der Waals surface area contributed by atoms with Gasteiger partial charge in [-0.2, -0.15) is 0 Å². The largest absolute Gasteiger partial charge is 0.357 e. The fourth-order valence-electron chi connectivity index (χ4n) is 2.10. The summed E-state index contributed by atoms with van der Waals surface area (Å²) in [5.74, 6) is 0.584. The van der Waals surface area contributed by atoms with Crippen LogP contribution in [0.25, 0.3) is 0 Å². The molecule has 1 aliphatic carbocycles. The number of hydrogen-bond acceptors (Lipinski definition) is 6. The van der Waals surface area contributed by atoms with Crippen LogP contribution in [0.1, 0.15) is 40.5 Å². The Labute approximate surface area is 128 Å². The molecule has 1 fully saturated rings. The van der Waals surface area contributed by atoms with Crippen LogP contribution < -0.4 is 5.32 Å². The van der Waals surface area contributed by atoms with E-state index < -0.39 is 0 Å². The molecule has 1 amide bonds. The molecule has 1 heterocycles. The predicted molar refractivity (Wildman–Crippen MR) is 84.4 cm³/mol. The average molecular weight is 314 g/mol. The lowest BCUT2D eigenvalue weighted by atomic mass is 10.2. The Morgan fingerprint density at radius 1 is 1.35 bits per heavy atom. The number of amides is 1. The molecule has 0 unspecified atom stereocenters. The summed E-state index contributed by atoms with van der Waals surface area (Å²) in [4.78, 5) is 14.2. The van der Waals surface area contributed by atoms with Crippen LogP contribution >= 0.6 is 23.1 Å². The standard InChI is InChI=1S/C13H22N4OS2/c1-8(2)17(9(3)4)11(18)7-19-13-16-15-12(20-13)14-10-5-6-10/h8-10H,5-7H2,1-4H3,(H,14,15). The zero-order valence-corrected chi connectivity index (χ0v) is 14.1. The van der Waals surface area contributed by atoms with Gasteiger partial charge in [0, 0.05) is 18.1 Å². The van der Waals surface area contributed by atoms with E-state index in [1.54, 1.807) is 0 Å². The van der Waals surface area contributed by atoms with Gasteiger partial charge in [0.2, 0.25) is 11.0 Å². The number of carbonyl (C=O) groups excluding carboxylic acids is 1. The van der Waals surface area contributed by atoms with Gasteiger partial charge in [-0.1, -0.05) is 23.1 Å². The molecule has 0 spiro atoms. The van der Waals surface area contributed by atoms with Gasteiger partial charge in [-0.15, -0.1) is 10.2 Å². The summed E-state index contributed by atoms with van der Waals surface area (Å²) in [6.45, 7) is 8.19. The van der Waals surface area contributed by atoms with Crippen molar-refractivity contribution in [2.75, 3.05) is 11.1 Å². The van der Waals surface area contributed by atoms with E-state index in [2.05, 4.69) is 15.5 Å². The van der Waals surface area contributed by atoms with Crippen LogP contribution in [0.5, 0.6) is 0 Å². The van der Waals surface area contributed by atoms with Crippen molar-refractivity contribution >= 4 is 34.1 Å². The summed E-state index contributed by atoms with van der Waals surface area (Å²) in [6, 6.07) is 1.04. The molecular formula is C13H22N4OS2. The molecule has 1 saturated carbocycles. The predicted octanol–water partition coefficient (Wildman–Crippen LogP) is 2.85. The van der Waals surface area contributed by atoms with Crippen LogP contribution in [0.3, 0.4) is 0 Å². The third kappa shape index (κ3) is 4.34. The second-order valence-electron chi connectivity index (χ2n) is 5.57. The molecule has 0 saturated heterocycles. The van der Waals surface area contributed by atoms with Gasteiger partial charge >= 0.3 is 0 Å². The topological polar surface area (TPSA) is 58.1 Å². The van der Waals surface area contributed by atoms with Crippen molar-refractivity contribution in [3.63, 3.8) is 0 Å². The number of hydrogen-bond donors (Lipinski definition) is 1. The molecule has 0 aliphatic heterocycles. The number of nitrogens with zero attached hydrogens (tertiary/aromatic N) is 3. The van der Waals surface area contributed by atoms with Gasteiger partial charge in [0.1, 0.15) is 0 Å². The summed E-state index contributed by atoms with van der Waals surface area (Å²) < 4.78 is 0.856. The molecule has 2 rings (SSSR count). The number of nitrogens with one attached hydrogen (secondary N) is 1. The molecule has 112 valence electrons. The van der Waals surface area contributed by atoms with Crippen molar-refractivity contribution < 1.29 is 4.79 Å². The molecule has 5 nitrogen and oxygen atoms in total. The highest BCUT2D eigenvalue weighted by Gasteiger charge is 2.23. The van der Waals surface area contributed by atoms with Crippen LogP contribution in [-0.2, 0) is 4.79 Å². The summed E-state index contributed by atoms with van der Waals surface area (Å²) in [5, 5.41) is 12.4. The minimum absolute atomic E-state index is 0.159. The summed E-state index contributed by atoms with van der Waals surface area (Å²) in [7, 11) is 0. The van der Waals surface area contributed by atoms with E-state index in [0.29, 0.717) is 11.8 Å². The van der Waals surface area contributed by atoms with E-state index in [0.717, 1.165) is 9.47 Å². The van der Waals surface area contributed by atoms with Gasteiger partial charge in [-0.05, 0) is 40.5 Å². The number of anilines is 1. The molecule has 1 aromatic heterocycles. The quantitative estimate of drug-likeness (QED) is 0.784. The highest BCUT2D eigenvalue weighted by molar-refractivity contribution is 8.01. The first-order valence-corrected chi connectivity index (χ1v) is 8.81. The van der Waals surface area contributed by atoms with Crippen LogP contribution in [0.15, 0.2) is 4.34 Å². The molecule has 0 aromatic carbocycles. The molecular weight excluding hydrogens is 292 g/mol. The Kier molecular flexibility index (Phi) is 5.26. The van der Waals surface area contributed by atoms with E-state index in [1.807, 2.05) is 32.6 Å². The zero-order chi connectivity index (χ0) is 14.7. The van der Waals surface area contributed by atoms with Crippen molar-refractivity contribution in [3.05, 3.63) is 0 Å². The second kappa shape index (κ2) is 6.76.